The molecule has 3 aromatic rings. The number of rotatable bonds is 6. The Hall–Kier alpha value is -2.82. The van der Waals surface area contributed by atoms with Crippen LogP contribution >= 0.6 is 0 Å². The molecule has 5 heteroatoms. The molecule has 1 saturated carbocycles. The minimum absolute atomic E-state index is 0.0803. The Morgan fingerprint density at radius 2 is 1.89 bits per heavy atom. The Bertz CT molecular complexity index is 985. The standard InChI is InChI=1S/C23H25NO4/c25-21(24-13-16-6-2-1-3-7-16)15-28-22(26)12-18-14-27-20-11-10-17-8-4-5-9-19(17)23(18)20/h4-5,8-11,14,16H,1-3,6-7,12-13,15H2,(H,24,25). The van der Waals surface area contributed by atoms with E-state index in [1.54, 1.807) is 6.26 Å². The quantitative estimate of drug-likeness (QED) is 0.646. The normalized spacial score (nSPS) is 15.0. The van der Waals surface area contributed by atoms with Gasteiger partial charge in [0.1, 0.15) is 5.58 Å². The number of ether oxygens (including phenoxy) is 1. The summed E-state index contributed by atoms with van der Waals surface area (Å²) in [6.45, 7) is 0.441. The SMILES string of the molecule is O=C(COC(=O)Cc1coc2ccc3ccccc3c12)NCC1CCCCC1. The molecule has 1 heterocycles. The second-order valence-electron chi connectivity index (χ2n) is 7.57. The topological polar surface area (TPSA) is 68.5 Å². The predicted molar refractivity (Wildman–Crippen MR) is 108 cm³/mol. The summed E-state index contributed by atoms with van der Waals surface area (Å²) >= 11 is 0. The molecule has 0 unspecified atom stereocenters. The van der Waals surface area contributed by atoms with Crippen molar-refractivity contribution in [3.05, 3.63) is 48.2 Å². The summed E-state index contributed by atoms with van der Waals surface area (Å²) in [5.74, 6) is -0.108. The fraction of sp³-hybridized carbons (Fsp3) is 0.391. The third kappa shape index (κ3) is 4.19. The van der Waals surface area contributed by atoms with Gasteiger partial charge in [-0.3, -0.25) is 9.59 Å². The van der Waals surface area contributed by atoms with Gasteiger partial charge in [0.2, 0.25) is 0 Å². The van der Waals surface area contributed by atoms with Crippen molar-refractivity contribution in [3.63, 3.8) is 0 Å². The maximum atomic E-state index is 12.3. The molecule has 0 aliphatic heterocycles. The Morgan fingerprint density at radius 1 is 1.07 bits per heavy atom. The summed E-state index contributed by atoms with van der Waals surface area (Å²) in [5.41, 5.74) is 1.52. The number of benzene rings is 2. The molecular formula is C23H25NO4. The van der Waals surface area contributed by atoms with Crippen LogP contribution in [0.5, 0.6) is 0 Å². The van der Waals surface area contributed by atoms with Gasteiger partial charge < -0.3 is 14.5 Å². The number of fused-ring (bicyclic) bond motifs is 3. The Morgan fingerprint density at radius 3 is 2.75 bits per heavy atom. The summed E-state index contributed by atoms with van der Waals surface area (Å²) in [6.07, 6.45) is 7.79. The Kier molecular flexibility index (Phi) is 5.60. The molecular weight excluding hydrogens is 354 g/mol. The van der Waals surface area contributed by atoms with Crippen molar-refractivity contribution < 1.29 is 18.7 Å². The molecule has 0 bridgehead atoms. The molecule has 0 saturated heterocycles. The van der Waals surface area contributed by atoms with Crippen LogP contribution in [0.2, 0.25) is 0 Å². The highest BCUT2D eigenvalue weighted by molar-refractivity contribution is 6.08. The van der Waals surface area contributed by atoms with Crippen LogP contribution in [0.4, 0.5) is 0 Å². The molecule has 2 aromatic carbocycles. The summed E-state index contributed by atoms with van der Waals surface area (Å²) in [5, 5.41) is 5.95. The van der Waals surface area contributed by atoms with E-state index < -0.39 is 5.97 Å². The molecule has 4 rings (SSSR count). The van der Waals surface area contributed by atoms with Gasteiger partial charge in [-0.2, -0.15) is 0 Å². The lowest BCUT2D eigenvalue weighted by molar-refractivity contribution is -0.147. The van der Waals surface area contributed by atoms with Crippen molar-refractivity contribution >= 4 is 33.6 Å². The van der Waals surface area contributed by atoms with Crippen molar-refractivity contribution in [3.8, 4) is 0 Å². The van der Waals surface area contributed by atoms with Gasteiger partial charge in [0.15, 0.2) is 6.61 Å². The van der Waals surface area contributed by atoms with E-state index in [1.807, 2.05) is 36.4 Å². The van der Waals surface area contributed by atoms with Gasteiger partial charge in [-0.15, -0.1) is 0 Å². The number of hydrogen-bond acceptors (Lipinski definition) is 4. The van der Waals surface area contributed by atoms with Crippen LogP contribution in [0.25, 0.3) is 21.7 Å². The smallest absolute Gasteiger partial charge is 0.310 e. The monoisotopic (exact) mass is 379 g/mol. The number of nitrogens with one attached hydrogen (secondary N) is 1. The molecule has 0 radical (unpaired) electrons. The first-order valence-corrected chi connectivity index (χ1v) is 10.0. The van der Waals surface area contributed by atoms with Crippen LogP contribution in [0.3, 0.4) is 0 Å². The van der Waals surface area contributed by atoms with Crippen LogP contribution in [-0.4, -0.2) is 25.0 Å². The zero-order valence-corrected chi connectivity index (χ0v) is 15.9. The van der Waals surface area contributed by atoms with Crippen molar-refractivity contribution in [1.82, 2.24) is 5.32 Å². The number of hydrogen-bond donors (Lipinski definition) is 1. The fourth-order valence-electron chi connectivity index (χ4n) is 4.06. The van der Waals surface area contributed by atoms with E-state index in [-0.39, 0.29) is 18.9 Å². The number of carbonyl (C=O) groups excluding carboxylic acids is 2. The van der Waals surface area contributed by atoms with Gasteiger partial charge in [-0.25, -0.2) is 0 Å². The lowest BCUT2D eigenvalue weighted by Crippen LogP contribution is -2.33. The van der Waals surface area contributed by atoms with Crippen LogP contribution in [0.15, 0.2) is 47.1 Å². The second-order valence-corrected chi connectivity index (χ2v) is 7.57. The molecule has 146 valence electrons. The molecule has 1 N–H and O–H groups in total. The van der Waals surface area contributed by atoms with Crippen LogP contribution in [-0.2, 0) is 20.7 Å². The average Bonchev–Trinajstić information content (AvgIpc) is 3.14. The number of amides is 1. The van der Waals surface area contributed by atoms with Crippen LogP contribution in [0.1, 0.15) is 37.7 Å². The van der Waals surface area contributed by atoms with Crippen LogP contribution in [0, 0.1) is 5.92 Å². The van der Waals surface area contributed by atoms with Gasteiger partial charge in [-0.1, -0.05) is 49.6 Å². The second kappa shape index (κ2) is 8.46. The summed E-state index contributed by atoms with van der Waals surface area (Å²) in [4.78, 5) is 24.2. The van der Waals surface area contributed by atoms with Gasteiger partial charge in [-0.05, 0) is 35.6 Å². The highest BCUT2D eigenvalue weighted by atomic mass is 16.5. The van der Waals surface area contributed by atoms with E-state index in [1.165, 1.54) is 32.1 Å². The number of furan rings is 1. The molecule has 1 aliphatic carbocycles. The van der Waals surface area contributed by atoms with E-state index in [0.29, 0.717) is 12.5 Å². The lowest BCUT2D eigenvalue weighted by atomic mass is 9.89. The van der Waals surface area contributed by atoms with E-state index >= 15 is 0 Å². The molecule has 0 atom stereocenters. The zero-order valence-electron chi connectivity index (χ0n) is 15.9. The van der Waals surface area contributed by atoms with Crippen LogP contribution < -0.4 is 5.32 Å². The largest absolute Gasteiger partial charge is 0.464 e. The molecule has 1 aromatic heterocycles. The van der Waals surface area contributed by atoms with Gasteiger partial charge in [0.05, 0.1) is 12.7 Å². The Labute approximate surface area is 164 Å². The highest BCUT2D eigenvalue weighted by Gasteiger charge is 2.17. The summed E-state index contributed by atoms with van der Waals surface area (Å²) < 4.78 is 10.8. The molecule has 1 fully saturated rings. The summed E-state index contributed by atoms with van der Waals surface area (Å²) in [7, 11) is 0. The first-order valence-electron chi connectivity index (χ1n) is 10.0. The molecule has 1 aliphatic rings. The van der Waals surface area contributed by atoms with E-state index in [2.05, 4.69) is 5.32 Å². The highest BCUT2D eigenvalue weighted by Crippen LogP contribution is 2.30. The first kappa shape index (κ1) is 18.5. The predicted octanol–water partition coefficient (Wildman–Crippen LogP) is 4.37. The van der Waals surface area contributed by atoms with Gasteiger partial charge >= 0.3 is 5.97 Å². The van der Waals surface area contributed by atoms with E-state index in [0.717, 1.165) is 27.3 Å². The average molecular weight is 379 g/mol. The van der Waals surface area contributed by atoms with Gasteiger partial charge in [0.25, 0.3) is 5.91 Å². The zero-order chi connectivity index (χ0) is 19.3. The summed E-state index contributed by atoms with van der Waals surface area (Å²) in [6, 6.07) is 11.9. The molecule has 0 spiro atoms. The number of carbonyl (C=O) groups is 2. The molecule has 28 heavy (non-hydrogen) atoms. The van der Waals surface area contributed by atoms with Crippen molar-refractivity contribution in [1.29, 1.82) is 0 Å². The molecule has 1 amide bonds. The number of esters is 1. The third-order valence-corrected chi connectivity index (χ3v) is 5.55. The minimum Gasteiger partial charge on any atom is -0.464 e. The fourth-order valence-corrected chi connectivity index (χ4v) is 4.06. The van der Waals surface area contributed by atoms with E-state index in [9.17, 15) is 9.59 Å². The van der Waals surface area contributed by atoms with Crippen molar-refractivity contribution in [2.45, 2.75) is 38.5 Å². The minimum atomic E-state index is -0.427. The van der Waals surface area contributed by atoms with Crippen molar-refractivity contribution in [2.75, 3.05) is 13.2 Å². The lowest BCUT2D eigenvalue weighted by Gasteiger charge is -2.21. The van der Waals surface area contributed by atoms with Crippen molar-refractivity contribution in [2.24, 2.45) is 5.92 Å². The first-order chi connectivity index (χ1) is 13.7. The van der Waals surface area contributed by atoms with Gasteiger partial charge in [0, 0.05) is 17.5 Å². The maximum absolute atomic E-state index is 12.3. The molecule has 5 nitrogen and oxygen atoms in total. The Balaban J connectivity index is 1.34. The van der Waals surface area contributed by atoms with E-state index in [4.69, 9.17) is 9.15 Å². The third-order valence-electron chi connectivity index (χ3n) is 5.55. The maximum Gasteiger partial charge on any atom is 0.310 e.